The highest BCUT2D eigenvalue weighted by molar-refractivity contribution is 5.94. The number of aromatic nitrogens is 2. The molecule has 0 radical (unpaired) electrons. The summed E-state index contributed by atoms with van der Waals surface area (Å²) in [7, 11) is 1.77. The molecule has 2 aromatic heterocycles. The van der Waals surface area contributed by atoms with Crippen molar-refractivity contribution in [2.24, 2.45) is 0 Å². The lowest BCUT2D eigenvalue weighted by Crippen LogP contribution is -2.30. The number of pyridine rings is 2. The summed E-state index contributed by atoms with van der Waals surface area (Å²) >= 11 is 0. The number of amides is 1. The smallest absolute Gasteiger partial charge is 0.254 e. The normalized spacial score (nSPS) is 11.9. The quantitative estimate of drug-likeness (QED) is 0.712. The number of carbonyl (C=O) groups excluding carboxylic acids is 1. The number of carbonyl (C=O) groups is 1. The molecule has 0 saturated carbocycles. The summed E-state index contributed by atoms with van der Waals surface area (Å²) in [5, 5.41) is 2.97. The Labute approximate surface area is 163 Å². The van der Waals surface area contributed by atoms with Crippen LogP contribution in [-0.4, -0.2) is 34.6 Å². The van der Waals surface area contributed by atoms with Crippen LogP contribution in [0.4, 0.5) is 5.82 Å². The van der Waals surface area contributed by atoms with Crippen molar-refractivity contribution in [3.63, 3.8) is 0 Å². The van der Waals surface area contributed by atoms with Crippen LogP contribution in [0.2, 0.25) is 0 Å². The summed E-state index contributed by atoms with van der Waals surface area (Å²) in [5.41, 5.74) is 2.49. The van der Waals surface area contributed by atoms with Gasteiger partial charge in [-0.05, 0) is 41.5 Å². The minimum atomic E-state index is -0.0829. The summed E-state index contributed by atoms with van der Waals surface area (Å²) < 4.78 is 10.8. The summed E-state index contributed by atoms with van der Waals surface area (Å²) in [6, 6.07) is 13.0. The zero-order valence-corrected chi connectivity index (χ0v) is 15.5. The molecular formula is C21H20N4O3. The topological polar surface area (TPSA) is 76.6 Å². The third-order valence-electron chi connectivity index (χ3n) is 4.46. The molecule has 7 nitrogen and oxygen atoms in total. The summed E-state index contributed by atoms with van der Waals surface area (Å²) in [4.78, 5) is 23.4. The van der Waals surface area contributed by atoms with Crippen molar-refractivity contribution >= 4 is 11.7 Å². The van der Waals surface area contributed by atoms with Crippen LogP contribution in [0.3, 0.4) is 0 Å². The van der Waals surface area contributed by atoms with E-state index in [2.05, 4.69) is 15.3 Å². The van der Waals surface area contributed by atoms with Gasteiger partial charge in [0.05, 0.1) is 0 Å². The standard InChI is InChI=1S/C21H20N4O3/c1-22-20-10-17(6-8-24-20)21(26)25(13-16-3-2-7-23-11-16)12-15-4-5-18-19(9-15)28-14-27-18/h2-11H,12-14H2,1H3,(H,22,24). The molecule has 0 unspecified atom stereocenters. The molecule has 4 rings (SSSR count). The Morgan fingerprint density at radius 2 is 1.93 bits per heavy atom. The molecule has 0 aliphatic carbocycles. The van der Waals surface area contributed by atoms with Gasteiger partial charge in [0, 0.05) is 44.3 Å². The predicted octanol–water partition coefficient (Wildman–Crippen LogP) is 3.09. The van der Waals surface area contributed by atoms with E-state index in [1.807, 2.05) is 30.3 Å². The first kappa shape index (κ1) is 17.8. The zero-order valence-electron chi connectivity index (χ0n) is 15.5. The monoisotopic (exact) mass is 376 g/mol. The largest absolute Gasteiger partial charge is 0.454 e. The minimum Gasteiger partial charge on any atom is -0.454 e. The third-order valence-corrected chi connectivity index (χ3v) is 4.46. The summed E-state index contributed by atoms with van der Waals surface area (Å²) in [6.07, 6.45) is 5.11. The molecule has 1 amide bonds. The van der Waals surface area contributed by atoms with Crippen molar-refractivity contribution < 1.29 is 14.3 Å². The molecule has 142 valence electrons. The number of anilines is 1. The molecule has 3 aromatic rings. The van der Waals surface area contributed by atoms with E-state index in [9.17, 15) is 4.79 Å². The number of ether oxygens (including phenoxy) is 2. The van der Waals surface area contributed by atoms with E-state index >= 15 is 0 Å². The molecule has 0 atom stereocenters. The van der Waals surface area contributed by atoms with E-state index in [4.69, 9.17) is 9.47 Å². The first-order chi connectivity index (χ1) is 13.7. The molecule has 0 saturated heterocycles. The van der Waals surface area contributed by atoms with Crippen LogP contribution in [-0.2, 0) is 13.1 Å². The fraction of sp³-hybridized carbons (Fsp3) is 0.190. The Morgan fingerprint density at radius 1 is 1.07 bits per heavy atom. The number of fused-ring (bicyclic) bond motifs is 1. The van der Waals surface area contributed by atoms with Crippen LogP contribution >= 0.6 is 0 Å². The molecule has 0 fully saturated rings. The predicted molar refractivity (Wildman–Crippen MR) is 104 cm³/mol. The maximum absolute atomic E-state index is 13.2. The van der Waals surface area contributed by atoms with Gasteiger partial charge in [-0.3, -0.25) is 9.78 Å². The van der Waals surface area contributed by atoms with Crippen molar-refractivity contribution in [2.75, 3.05) is 19.2 Å². The highest BCUT2D eigenvalue weighted by atomic mass is 16.7. The third kappa shape index (κ3) is 3.88. The van der Waals surface area contributed by atoms with Crippen LogP contribution in [0, 0.1) is 0 Å². The molecule has 7 heteroatoms. The Kier molecular flexibility index (Phi) is 5.05. The van der Waals surface area contributed by atoms with Crippen LogP contribution in [0.5, 0.6) is 11.5 Å². The van der Waals surface area contributed by atoms with Gasteiger partial charge in [-0.2, -0.15) is 0 Å². The van der Waals surface area contributed by atoms with Gasteiger partial charge >= 0.3 is 0 Å². The number of rotatable bonds is 6. The minimum absolute atomic E-state index is 0.0829. The second kappa shape index (κ2) is 7.96. The Morgan fingerprint density at radius 3 is 2.75 bits per heavy atom. The number of hydrogen-bond donors (Lipinski definition) is 1. The fourth-order valence-corrected chi connectivity index (χ4v) is 3.05. The molecule has 0 spiro atoms. The van der Waals surface area contributed by atoms with Crippen molar-refractivity contribution in [1.82, 2.24) is 14.9 Å². The number of benzene rings is 1. The van der Waals surface area contributed by atoms with Crippen LogP contribution in [0.15, 0.2) is 61.1 Å². The first-order valence-corrected chi connectivity index (χ1v) is 8.93. The van der Waals surface area contributed by atoms with Gasteiger partial charge in [0.1, 0.15) is 5.82 Å². The Bertz CT molecular complexity index is 978. The second-order valence-electron chi connectivity index (χ2n) is 6.39. The van der Waals surface area contributed by atoms with Gasteiger partial charge in [-0.1, -0.05) is 12.1 Å². The molecule has 3 heterocycles. The number of hydrogen-bond acceptors (Lipinski definition) is 6. The van der Waals surface area contributed by atoms with Gasteiger partial charge in [-0.15, -0.1) is 0 Å². The van der Waals surface area contributed by atoms with Crippen molar-refractivity contribution in [1.29, 1.82) is 0 Å². The van der Waals surface area contributed by atoms with E-state index in [-0.39, 0.29) is 12.7 Å². The Balaban J connectivity index is 1.62. The second-order valence-corrected chi connectivity index (χ2v) is 6.39. The van der Waals surface area contributed by atoms with E-state index in [1.54, 1.807) is 42.7 Å². The lowest BCUT2D eigenvalue weighted by molar-refractivity contribution is 0.0729. The fourth-order valence-electron chi connectivity index (χ4n) is 3.05. The van der Waals surface area contributed by atoms with E-state index in [0.29, 0.717) is 30.2 Å². The summed E-state index contributed by atoms with van der Waals surface area (Å²) in [6.45, 7) is 1.10. The van der Waals surface area contributed by atoms with Crippen LogP contribution in [0.25, 0.3) is 0 Å². The molecule has 1 aromatic carbocycles. The number of nitrogens with zero attached hydrogens (tertiary/aromatic N) is 3. The van der Waals surface area contributed by atoms with Gasteiger partial charge in [0.2, 0.25) is 6.79 Å². The average Bonchev–Trinajstić information content (AvgIpc) is 3.21. The maximum atomic E-state index is 13.2. The molecular weight excluding hydrogens is 356 g/mol. The van der Waals surface area contributed by atoms with E-state index in [0.717, 1.165) is 16.9 Å². The average molecular weight is 376 g/mol. The summed E-state index contributed by atoms with van der Waals surface area (Å²) in [5.74, 6) is 1.99. The Hall–Kier alpha value is -3.61. The lowest BCUT2D eigenvalue weighted by atomic mass is 10.1. The molecule has 28 heavy (non-hydrogen) atoms. The van der Waals surface area contributed by atoms with Crippen LogP contribution in [0.1, 0.15) is 21.5 Å². The number of nitrogens with one attached hydrogen (secondary N) is 1. The van der Waals surface area contributed by atoms with Gasteiger partial charge < -0.3 is 19.7 Å². The molecule has 1 N–H and O–H groups in total. The first-order valence-electron chi connectivity index (χ1n) is 8.93. The maximum Gasteiger partial charge on any atom is 0.254 e. The van der Waals surface area contributed by atoms with Crippen LogP contribution < -0.4 is 14.8 Å². The zero-order chi connectivity index (χ0) is 19.3. The van der Waals surface area contributed by atoms with E-state index < -0.39 is 0 Å². The highest BCUT2D eigenvalue weighted by Gasteiger charge is 2.20. The van der Waals surface area contributed by atoms with Gasteiger partial charge in [0.25, 0.3) is 5.91 Å². The lowest BCUT2D eigenvalue weighted by Gasteiger charge is -2.23. The van der Waals surface area contributed by atoms with Gasteiger partial charge in [-0.25, -0.2) is 4.98 Å². The van der Waals surface area contributed by atoms with E-state index in [1.165, 1.54) is 0 Å². The SMILES string of the molecule is CNc1cc(C(=O)N(Cc2cccnc2)Cc2ccc3c(c2)OCO3)ccn1. The van der Waals surface area contributed by atoms with Crippen molar-refractivity contribution in [3.8, 4) is 11.5 Å². The molecule has 1 aliphatic rings. The van der Waals surface area contributed by atoms with Crippen molar-refractivity contribution in [3.05, 3.63) is 77.7 Å². The highest BCUT2D eigenvalue weighted by Crippen LogP contribution is 2.33. The molecule has 1 aliphatic heterocycles. The van der Waals surface area contributed by atoms with Crippen molar-refractivity contribution in [2.45, 2.75) is 13.1 Å². The molecule has 0 bridgehead atoms. The van der Waals surface area contributed by atoms with Gasteiger partial charge in [0.15, 0.2) is 11.5 Å².